The van der Waals surface area contributed by atoms with Gasteiger partial charge >= 0.3 is 0 Å². The van der Waals surface area contributed by atoms with Crippen LogP contribution in [0.3, 0.4) is 0 Å². The van der Waals surface area contributed by atoms with E-state index >= 15 is 0 Å². The molecule has 0 saturated carbocycles. The fourth-order valence-corrected chi connectivity index (χ4v) is 2.23. The van der Waals surface area contributed by atoms with Gasteiger partial charge in [-0.05, 0) is 34.5 Å². The van der Waals surface area contributed by atoms with Gasteiger partial charge in [-0.2, -0.15) is 0 Å². The molecule has 1 unspecified atom stereocenters. The molecule has 0 spiro atoms. The Morgan fingerprint density at radius 3 is 2.38 bits per heavy atom. The Balaban J connectivity index is 3.40. The lowest BCUT2D eigenvalue weighted by molar-refractivity contribution is 0.365. The molecule has 0 aliphatic heterocycles. The minimum absolute atomic E-state index is 0.0201. The lowest BCUT2D eigenvalue weighted by Gasteiger charge is -2.17. The highest BCUT2D eigenvalue weighted by Crippen LogP contribution is 2.41. The fraction of sp³-hybridized carbons (Fsp3) is 0.455. The Morgan fingerprint density at radius 1 is 1.38 bits per heavy atom. The standard InChI is InChI=1S/C11H15BrFNO2/c1-6(5-14)7-4-8(13)11(16-3)9(12)10(7)15-2/h4,6H,5,14H2,1-3H3. The molecule has 3 nitrogen and oxygen atoms in total. The zero-order valence-corrected chi connectivity index (χ0v) is 11.1. The average molecular weight is 292 g/mol. The first-order chi connectivity index (χ1) is 7.56. The first-order valence-corrected chi connectivity index (χ1v) is 5.66. The molecule has 0 aliphatic rings. The third-order valence-corrected chi connectivity index (χ3v) is 3.17. The van der Waals surface area contributed by atoms with Crippen LogP contribution in [0.4, 0.5) is 4.39 Å². The summed E-state index contributed by atoms with van der Waals surface area (Å²) in [6.45, 7) is 2.34. The van der Waals surface area contributed by atoms with Crippen LogP contribution in [0.1, 0.15) is 18.4 Å². The van der Waals surface area contributed by atoms with E-state index < -0.39 is 5.82 Å². The number of benzene rings is 1. The zero-order valence-electron chi connectivity index (χ0n) is 9.51. The molecule has 0 heterocycles. The van der Waals surface area contributed by atoms with Crippen LogP contribution in [0.15, 0.2) is 10.5 Å². The Kier molecular flexibility index (Phi) is 4.56. The lowest BCUT2D eigenvalue weighted by atomic mass is 10.00. The summed E-state index contributed by atoms with van der Waals surface area (Å²) in [7, 11) is 2.94. The Bertz CT molecular complexity index is 385. The number of hydrogen-bond acceptors (Lipinski definition) is 3. The van der Waals surface area contributed by atoms with Crippen molar-refractivity contribution in [2.24, 2.45) is 5.73 Å². The summed E-state index contributed by atoms with van der Waals surface area (Å²) in [4.78, 5) is 0. The summed E-state index contributed by atoms with van der Waals surface area (Å²) in [5, 5.41) is 0. The highest BCUT2D eigenvalue weighted by molar-refractivity contribution is 9.10. The molecule has 0 aromatic heterocycles. The van der Waals surface area contributed by atoms with Gasteiger partial charge in [0.25, 0.3) is 0 Å². The maximum absolute atomic E-state index is 13.7. The van der Waals surface area contributed by atoms with Gasteiger partial charge in [0, 0.05) is 5.56 Å². The summed E-state index contributed by atoms with van der Waals surface area (Å²) < 4.78 is 24.4. The maximum Gasteiger partial charge on any atom is 0.172 e. The Labute approximate surface area is 103 Å². The molecule has 0 saturated heterocycles. The van der Waals surface area contributed by atoms with E-state index in [1.807, 2.05) is 6.92 Å². The van der Waals surface area contributed by atoms with Crippen molar-refractivity contribution in [3.63, 3.8) is 0 Å². The van der Waals surface area contributed by atoms with Gasteiger partial charge in [0.2, 0.25) is 0 Å². The maximum atomic E-state index is 13.7. The van der Waals surface area contributed by atoms with Crippen molar-refractivity contribution in [2.45, 2.75) is 12.8 Å². The second kappa shape index (κ2) is 5.50. The summed E-state index contributed by atoms with van der Waals surface area (Å²) >= 11 is 3.27. The fourth-order valence-electron chi connectivity index (χ4n) is 1.49. The quantitative estimate of drug-likeness (QED) is 0.928. The van der Waals surface area contributed by atoms with Gasteiger partial charge in [-0.15, -0.1) is 0 Å². The van der Waals surface area contributed by atoms with Crippen LogP contribution in [-0.2, 0) is 0 Å². The van der Waals surface area contributed by atoms with Crippen LogP contribution >= 0.6 is 15.9 Å². The topological polar surface area (TPSA) is 44.5 Å². The third kappa shape index (κ3) is 2.30. The number of methoxy groups -OCH3 is 2. The average Bonchev–Trinajstić information content (AvgIpc) is 2.28. The van der Waals surface area contributed by atoms with E-state index in [0.717, 1.165) is 5.56 Å². The molecule has 1 atom stereocenters. The number of halogens is 2. The number of hydrogen-bond donors (Lipinski definition) is 1. The molecule has 1 aromatic carbocycles. The Morgan fingerprint density at radius 2 is 1.94 bits per heavy atom. The van der Waals surface area contributed by atoms with E-state index in [1.165, 1.54) is 20.3 Å². The van der Waals surface area contributed by atoms with E-state index in [-0.39, 0.29) is 11.7 Å². The van der Waals surface area contributed by atoms with Crippen molar-refractivity contribution in [3.05, 3.63) is 21.9 Å². The van der Waals surface area contributed by atoms with Crippen LogP contribution in [0, 0.1) is 5.82 Å². The smallest absolute Gasteiger partial charge is 0.172 e. The van der Waals surface area contributed by atoms with E-state index in [4.69, 9.17) is 15.2 Å². The minimum atomic E-state index is -0.425. The molecule has 0 aliphatic carbocycles. The van der Waals surface area contributed by atoms with Crippen molar-refractivity contribution >= 4 is 15.9 Å². The van der Waals surface area contributed by atoms with Crippen LogP contribution in [0.2, 0.25) is 0 Å². The molecule has 0 radical (unpaired) electrons. The molecule has 1 rings (SSSR count). The van der Waals surface area contributed by atoms with Gasteiger partial charge < -0.3 is 15.2 Å². The van der Waals surface area contributed by atoms with E-state index in [9.17, 15) is 4.39 Å². The van der Waals surface area contributed by atoms with Gasteiger partial charge in [0.1, 0.15) is 10.2 Å². The highest BCUT2D eigenvalue weighted by atomic mass is 79.9. The molecule has 90 valence electrons. The second-order valence-electron chi connectivity index (χ2n) is 3.46. The van der Waals surface area contributed by atoms with Gasteiger partial charge in [-0.25, -0.2) is 4.39 Å². The minimum Gasteiger partial charge on any atom is -0.495 e. The molecule has 5 heteroatoms. The second-order valence-corrected chi connectivity index (χ2v) is 4.26. The molecular weight excluding hydrogens is 277 g/mol. The summed E-state index contributed by atoms with van der Waals surface area (Å²) in [6, 6.07) is 1.40. The third-order valence-electron chi connectivity index (χ3n) is 2.45. The highest BCUT2D eigenvalue weighted by Gasteiger charge is 2.20. The predicted molar refractivity (Wildman–Crippen MR) is 64.7 cm³/mol. The van der Waals surface area contributed by atoms with Crippen LogP contribution in [0.5, 0.6) is 11.5 Å². The van der Waals surface area contributed by atoms with Crippen LogP contribution in [0.25, 0.3) is 0 Å². The van der Waals surface area contributed by atoms with Crippen molar-refractivity contribution in [3.8, 4) is 11.5 Å². The molecule has 16 heavy (non-hydrogen) atoms. The number of nitrogens with two attached hydrogens (primary N) is 1. The van der Waals surface area contributed by atoms with Gasteiger partial charge in [-0.1, -0.05) is 6.92 Å². The molecule has 0 fully saturated rings. The normalized spacial score (nSPS) is 12.4. The van der Waals surface area contributed by atoms with Crippen molar-refractivity contribution in [1.29, 1.82) is 0 Å². The summed E-state index contributed by atoms with van der Waals surface area (Å²) in [5.74, 6) is 0.304. The van der Waals surface area contributed by atoms with Gasteiger partial charge in [0.05, 0.1) is 14.2 Å². The van der Waals surface area contributed by atoms with Gasteiger partial charge in [-0.3, -0.25) is 0 Å². The predicted octanol–water partition coefficient (Wildman–Crippen LogP) is 2.67. The SMILES string of the molecule is COc1c(F)cc(C(C)CN)c(OC)c1Br. The van der Waals surface area contributed by atoms with E-state index in [2.05, 4.69) is 15.9 Å². The molecular formula is C11H15BrFNO2. The van der Waals surface area contributed by atoms with E-state index in [1.54, 1.807) is 0 Å². The molecule has 0 amide bonds. The molecule has 2 N–H and O–H groups in total. The molecule has 0 bridgehead atoms. The largest absolute Gasteiger partial charge is 0.495 e. The van der Waals surface area contributed by atoms with Crippen LogP contribution in [-0.4, -0.2) is 20.8 Å². The summed E-state index contributed by atoms with van der Waals surface area (Å²) in [5.41, 5.74) is 6.31. The number of rotatable bonds is 4. The first-order valence-electron chi connectivity index (χ1n) is 4.86. The number of ether oxygens (including phenoxy) is 2. The van der Waals surface area contributed by atoms with Crippen molar-refractivity contribution in [1.82, 2.24) is 0 Å². The monoisotopic (exact) mass is 291 g/mol. The zero-order chi connectivity index (χ0) is 12.3. The lowest BCUT2D eigenvalue weighted by Crippen LogP contribution is -2.11. The van der Waals surface area contributed by atoms with Crippen LogP contribution < -0.4 is 15.2 Å². The first kappa shape index (κ1) is 13.3. The van der Waals surface area contributed by atoms with Crippen molar-refractivity contribution < 1.29 is 13.9 Å². The van der Waals surface area contributed by atoms with Crippen molar-refractivity contribution in [2.75, 3.05) is 20.8 Å². The van der Waals surface area contributed by atoms with E-state index in [0.29, 0.717) is 16.8 Å². The van der Waals surface area contributed by atoms with Gasteiger partial charge in [0.15, 0.2) is 11.6 Å². The molecule has 1 aromatic rings. The Hall–Kier alpha value is -0.810. The summed E-state index contributed by atoms with van der Waals surface area (Å²) in [6.07, 6.45) is 0.